The minimum absolute atomic E-state index is 0.134. The van der Waals surface area contributed by atoms with Crippen LogP contribution in [0.4, 0.5) is 5.95 Å². The van der Waals surface area contributed by atoms with Gasteiger partial charge >= 0.3 is 0 Å². The zero-order chi connectivity index (χ0) is 15.7. The van der Waals surface area contributed by atoms with Crippen molar-refractivity contribution in [3.8, 4) is 0 Å². The largest absolute Gasteiger partial charge is 0.391 e. The van der Waals surface area contributed by atoms with E-state index in [2.05, 4.69) is 26.1 Å². The molecule has 0 radical (unpaired) electrons. The van der Waals surface area contributed by atoms with E-state index in [4.69, 9.17) is 5.73 Å². The first-order valence-electron chi connectivity index (χ1n) is 7.33. The summed E-state index contributed by atoms with van der Waals surface area (Å²) in [5.74, 6) is 1.46. The van der Waals surface area contributed by atoms with Gasteiger partial charge in [-0.05, 0) is 24.0 Å². The highest BCUT2D eigenvalue weighted by molar-refractivity contribution is 7.98. The number of nitrogens with zero attached hydrogens (tertiary/aromatic N) is 2. The third-order valence-electron chi connectivity index (χ3n) is 4.19. The number of hydrogen-bond donors (Lipinski definition) is 4. The third-order valence-corrected chi connectivity index (χ3v) is 4.95. The first-order valence-corrected chi connectivity index (χ1v) is 8.73. The van der Waals surface area contributed by atoms with Crippen molar-refractivity contribution in [1.82, 2.24) is 19.9 Å². The summed E-state index contributed by atoms with van der Waals surface area (Å²) in [4.78, 5) is 23.7. The maximum Gasteiger partial charge on any atom is 0.276 e. The fraction of sp³-hybridized carbons (Fsp3) is 0.571. The lowest BCUT2D eigenvalue weighted by molar-refractivity contribution is 0.150. The van der Waals surface area contributed by atoms with E-state index in [9.17, 15) is 9.90 Å². The second kappa shape index (κ2) is 6.31. The number of β-amino-alcohol motifs (C(OH)–C–C–N with tert-alkyl or cyclic N) is 1. The number of nitrogen functional groups attached to an aromatic ring is 1. The number of thioether (sulfide) groups is 1. The number of aliphatic hydroxyl groups excluding tert-OH is 1. The molecular weight excluding hydrogens is 302 g/mol. The second-order valence-corrected chi connectivity index (χ2v) is 6.69. The number of fused-ring (bicyclic) bond motifs is 1. The van der Waals surface area contributed by atoms with Crippen LogP contribution in [0.1, 0.15) is 5.56 Å². The number of nitrogens with two attached hydrogens (primary N) is 1. The number of nitrogens with one attached hydrogen (secondary N) is 2. The molecule has 1 aliphatic heterocycles. The van der Waals surface area contributed by atoms with Crippen LogP contribution in [-0.2, 0) is 6.42 Å². The maximum absolute atomic E-state index is 11.8. The molecule has 0 unspecified atom stereocenters. The number of anilines is 1. The summed E-state index contributed by atoms with van der Waals surface area (Å²) in [6.45, 7) is 2.47. The highest BCUT2D eigenvalue weighted by Gasteiger charge is 2.30. The third kappa shape index (κ3) is 2.99. The standard InChI is InChI=1S/C14H21N5O2S/c1-22-7-9-5-19(6-10(9)20)3-2-8-4-16-12-11(8)17-14(15)18-13(12)21/h4,9-10,16,20H,2-3,5-7H2,1H3,(H3,15,17,18,21)/t9-,10+/m1/s1. The molecule has 0 aliphatic carbocycles. The molecule has 2 aromatic heterocycles. The van der Waals surface area contributed by atoms with Crippen LogP contribution >= 0.6 is 11.8 Å². The van der Waals surface area contributed by atoms with Gasteiger partial charge in [-0.3, -0.25) is 9.78 Å². The van der Waals surface area contributed by atoms with Gasteiger partial charge in [0, 0.05) is 31.7 Å². The second-order valence-electron chi connectivity index (χ2n) is 5.78. The van der Waals surface area contributed by atoms with Gasteiger partial charge in [0.1, 0.15) is 11.0 Å². The molecule has 1 fully saturated rings. The molecule has 2 atom stereocenters. The Labute approximate surface area is 132 Å². The lowest BCUT2D eigenvalue weighted by atomic mass is 10.1. The molecule has 120 valence electrons. The van der Waals surface area contributed by atoms with Crippen LogP contribution in [0.2, 0.25) is 0 Å². The number of aliphatic hydroxyl groups is 1. The Bertz CT molecular complexity index is 713. The van der Waals surface area contributed by atoms with E-state index in [1.165, 1.54) is 0 Å². The van der Waals surface area contributed by atoms with E-state index in [0.717, 1.165) is 30.8 Å². The van der Waals surface area contributed by atoms with Crippen molar-refractivity contribution < 1.29 is 5.11 Å². The van der Waals surface area contributed by atoms with E-state index >= 15 is 0 Å². The summed E-state index contributed by atoms with van der Waals surface area (Å²) >= 11 is 1.77. The van der Waals surface area contributed by atoms with Crippen LogP contribution in [0.3, 0.4) is 0 Å². The molecule has 0 bridgehead atoms. The highest BCUT2D eigenvalue weighted by Crippen LogP contribution is 2.21. The fourth-order valence-corrected chi connectivity index (χ4v) is 3.81. The average Bonchev–Trinajstić information content (AvgIpc) is 3.01. The van der Waals surface area contributed by atoms with Gasteiger partial charge in [0.25, 0.3) is 5.56 Å². The van der Waals surface area contributed by atoms with Crippen molar-refractivity contribution >= 4 is 28.7 Å². The van der Waals surface area contributed by atoms with Crippen molar-refractivity contribution in [2.24, 2.45) is 5.92 Å². The molecule has 22 heavy (non-hydrogen) atoms. The minimum atomic E-state index is -0.245. The quantitative estimate of drug-likeness (QED) is 0.618. The van der Waals surface area contributed by atoms with Crippen LogP contribution < -0.4 is 11.3 Å². The fourth-order valence-electron chi connectivity index (χ4n) is 3.06. The summed E-state index contributed by atoms with van der Waals surface area (Å²) in [5.41, 5.74) is 7.46. The number of rotatable bonds is 5. The predicted molar refractivity (Wildman–Crippen MR) is 89.1 cm³/mol. The predicted octanol–water partition coefficient (Wildman–Crippen LogP) is 0.0316. The molecule has 3 heterocycles. The Morgan fingerprint density at radius 3 is 3.14 bits per heavy atom. The molecule has 0 amide bonds. The smallest absolute Gasteiger partial charge is 0.276 e. The summed E-state index contributed by atoms with van der Waals surface area (Å²) in [7, 11) is 0. The van der Waals surface area contributed by atoms with Gasteiger partial charge in [-0.15, -0.1) is 0 Å². The van der Waals surface area contributed by atoms with Gasteiger partial charge in [-0.1, -0.05) is 0 Å². The van der Waals surface area contributed by atoms with Gasteiger partial charge in [0.2, 0.25) is 5.95 Å². The molecule has 7 nitrogen and oxygen atoms in total. The normalized spacial score (nSPS) is 22.6. The lowest BCUT2D eigenvalue weighted by Gasteiger charge is -2.14. The van der Waals surface area contributed by atoms with Gasteiger partial charge in [0.15, 0.2) is 0 Å². The molecule has 1 aliphatic rings. The van der Waals surface area contributed by atoms with E-state index in [-0.39, 0.29) is 17.6 Å². The number of H-pyrrole nitrogens is 2. The van der Waals surface area contributed by atoms with Crippen LogP contribution in [0, 0.1) is 5.92 Å². The molecule has 0 spiro atoms. The van der Waals surface area contributed by atoms with Crippen molar-refractivity contribution in [1.29, 1.82) is 0 Å². The number of hydrogen-bond acceptors (Lipinski definition) is 6. The minimum Gasteiger partial charge on any atom is -0.391 e. The van der Waals surface area contributed by atoms with Crippen LogP contribution in [-0.4, -0.2) is 62.7 Å². The zero-order valence-corrected chi connectivity index (χ0v) is 13.3. The van der Waals surface area contributed by atoms with E-state index in [1.54, 1.807) is 11.8 Å². The molecule has 3 rings (SSSR count). The molecule has 0 saturated carbocycles. The number of likely N-dealkylation sites (tertiary alicyclic amines) is 1. The molecule has 0 aromatic carbocycles. The average molecular weight is 323 g/mol. The Morgan fingerprint density at radius 1 is 1.55 bits per heavy atom. The molecule has 5 N–H and O–H groups in total. The number of aromatic amines is 2. The van der Waals surface area contributed by atoms with Gasteiger partial charge in [-0.2, -0.15) is 11.8 Å². The van der Waals surface area contributed by atoms with E-state index in [1.807, 2.05) is 6.20 Å². The van der Waals surface area contributed by atoms with Crippen molar-refractivity contribution in [2.45, 2.75) is 12.5 Å². The van der Waals surface area contributed by atoms with Crippen molar-refractivity contribution in [3.05, 3.63) is 22.1 Å². The zero-order valence-electron chi connectivity index (χ0n) is 12.5. The molecule has 1 saturated heterocycles. The first-order chi connectivity index (χ1) is 10.6. The van der Waals surface area contributed by atoms with Crippen molar-refractivity contribution in [3.63, 3.8) is 0 Å². The lowest BCUT2D eigenvalue weighted by Crippen LogP contribution is -2.24. The van der Waals surface area contributed by atoms with E-state index < -0.39 is 0 Å². The first kappa shape index (κ1) is 15.4. The van der Waals surface area contributed by atoms with Crippen LogP contribution in [0.25, 0.3) is 11.0 Å². The van der Waals surface area contributed by atoms with Crippen LogP contribution in [0.5, 0.6) is 0 Å². The highest BCUT2D eigenvalue weighted by atomic mass is 32.2. The molecular formula is C14H21N5O2S. The summed E-state index contributed by atoms with van der Waals surface area (Å²) in [6.07, 6.45) is 4.41. The topological polar surface area (TPSA) is 111 Å². The monoisotopic (exact) mass is 323 g/mol. The number of aromatic nitrogens is 3. The molecule has 8 heteroatoms. The Morgan fingerprint density at radius 2 is 2.36 bits per heavy atom. The van der Waals surface area contributed by atoms with Crippen molar-refractivity contribution in [2.75, 3.05) is 37.4 Å². The Balaban J connectivity index is 1.69. The summed E-state index contributed by atoms with van der Waals surface area (Å²) < 4.78 is 0. The Kier molecular flexibility index (Phi) is 4.42. The van der Waals surface area contributed by atoms with Crippen LogP contribution in [0.15, 0.2) is 11.0 Å². The maximum atomic E-state index is 11.8. The van der Waals surface area contributed by atoms with Gasteiger partial charge in [0.05, 0.1) is 6.10 Å². The van der Waals surface area contributed by atoms with Gasteiger partial charge < -0.3 is 20.7 Å². The SMILES string of the molecule is CSC[C@H]1CN(CCc2c[nH]c3c(=O)[nH]c(N)nc23)C[C@@H]1O. The van der Waals surface area contributed by atoms with Gasteiger partial charge in [-0.25, -0.2) is 4.98 Å². The van der Waals surface area contributed by atoms with E-state index in [0.29, 0.717) is 23.5 Å². The molecule has 2 aromatic rings. The summed E-state index contributed by atoms with van der Waals surface area (Å²) in [5, 5.41) is 10.1. The summed E-state index contributed by atoms with van der Waals surface area (Å²) in [6, 6.07) is 0. The Hall–Kier alpha value is -1.51.